The Balaban J connectivity index is 1.77. The summed E-state index contributed by atoms with van der Waals surface area (Å²) in [5.74, 6) is -2.47. The van der Waals surface area contributed by atoms with Crippen molar-refractivity contribution in [1.29, 1.82) is 5.41 Å². The lowest BCUT2D eigenvalue weighted by Gasteiger charge is -2.19. The highest BCUT2D eigenvalue weighted by molar-refractivity contribution is 7.92. The molecule has 1 heterocycles. The number of nitrogens with one attached hydrogen (secondary N) is 1. The second-order valence-electron chi connectivity index (χ2n) is 6.19. The van der Waals surface area contributed by atoms with Crippen molar-refractivity contribution < 1.29 is 23.1 Å². The van der Waals surface area contributed by atoms with Crippen molar-refractivity contribution in [3.05, 3.63) is 54.1 Å². The van der Waals surface area contributed by atoms with E-state index in [-0.39, 0.29) is 16.8 Å². The number of rotatable bonds is 6. The lowest BCUT2D eigenvalue weighted by Crippen LogP contribution is -2.31. The van der Waals surface area contributed by atoms with Crippen molar-refractivity contribution in [3.63, 3.8) is 0 Å². The molecule has 146 valence electrons. The number of carboxylic acid groups (broad SMARTS) is 1. The normalized spacial score (nSPS) is 14.4. The average molecular weight is 402 g/mol. The zero-order valence-corrected chi connectivity index (χ0v) is 15.5. The van der Waals surface area contributed by atoms with Crippen molar-refractivity contribution in [2.75, 3.05) is 28.6 Å². The van der Waals surface area contributed by atoms with Gasteiger partial charge in [0.15, 0.2) is 15.6 Å². The maximum atomic E-state index is 12.7. The van der Waals surface area contributed by atoms with Crippen LogP contribution in [-0.4, -0.2) is 50.2 Å². The van der Waals surface area contributed by atoms with Crippen LogP contribution in [0.15, 0.2) is 53.4 Å². The van der Waals surface area contributed by atoms with Gasteiger partial charge in [-0.1, -0.05) is 0 Å². The van der Waals surface area contributed by atoms with Gasteiger partial charge in [0.2, 0.25) is 0 Å². The zero-order chi connectivity index (χ0) is 20.5. The van der Waals surface area contributed by atoms with Crippen LogP contribution in [0.4, 0.5) is 16.2 Å². The fourth-order valence-corrected chi connectivity index (χ4v) is 3.96. The van der Waals surface area contributed by atoms with Gasteiger partial charge in [-0.15, -0.1) is 0 Å². The predicted molar refractivity (Wildman–Crippen MR) is 104 cm³/mol. The highest BCUT2D eigenvalue weighted by atomic mass is 32.2. The number of benzene rings is 2. The van der Waals surface area contributed by atoms with Gasteiger partial charge in [0.25, 0.3) is 0 Å². The lowest BCUT2D eigenvalue weighted by atomic mass is 10.2. The molecule has 1 saturated heterocycles. The Hall–Kier alpha value is -3.40. The number of carbonyl (C=O) groups is 2. The third-order valence-corrected chi connectivity index (χ3v) is 5.94. The number of nitrogen functional groups attached to an aromatic ring is 1. The van der Waals surface area contributed by atoms with Crippen LogP contribution in [-0.2, 0) is 14.6 Å². The monoisotopic (exact) mass is 402 g/mol. The summed E-state index contributed by atoms with van der Waals surface area (Å²) in [5, 5.41) is 16.1. The number of hydrogen-bond acceptors (Lipinski definition) is 5. The molecule has 0 aromatic heterocycles. The van der Waals surface area contributed by atoms with Crippen LogP contribution in [0.3, 0.4) is 0 Å². The van der Waals surface area contributed by atoms with Crippen LogP contribution in [0, 0.1) is 5.41 Å². The van der Waals surface area contributed by atoms with E-state index in [1.807, 2.05) is 0 Å². The highest BCUT2D eigenvalue weighted by Gasteiger charge is 2.31. The van der Waals surface area contributed by atoms with Gasteiger partial charge in [0, 0.05) is 30.0 Å². The van der Waals surface area contributed by atoms with Gasteiger partial charge >= 0.3 is 12.0 Å². The van der Waals surface area contributed by atoms with E-state index in [9.17, 15) is 18.0 Å². The van der Waals surface area contributed by atoms with Gasteiger partial charge in [-0.3, -0.25) is 20.0 Å². The molecule has 0 atom stereocenters. The summed E-state index contributed by atoms with van der Waals surface area (Å²) in [6.45, 7) is 0.853. The molecular weight excluding hydrogens is 384 g/mol. The van der Waals surface area contributed by atoms with Crippen LogP contribution in [0.5, 0.6) is 0 Å². The minimum Gasteiger partial charge on any atom is -0.480 e. The molecule has 0 spiro atoms. The van der Waals surface area contributed by atoms with E-state index in [0.29, 0.717) is 30.0 Å². The highest BCUT2D eigenvalue weighted by Crippen LogP contribution is 2.26. The quantitative estimate of drug-likeness (QED) is 0.490. The van der Waals surface area contributed by atoms with Crippen LogP contribution >= 0.6 is 0 Å². The lowest BCUT2D eigenvalue weighted by molar-refractivity contribution is -0.134. The zero-order valence-electron chi connectivity index (χ0n) is 14.7. The van der Waals surface area contributed by atoms with Crippen molar-refractivity contribution in [1.82, 2.24) is 0 Å². The number of anilines is 2. The first kappa shape index (κ1) is 19.4. The average Bonchev–Trinajstić information content (AvgIpc) is 3.02. The molecule has 9 nitrogen and oxygen atoms in total. The summed E-state index contributed by atoms with van der Waals surface area (Å²) >= 11 is 0. The van der Waals surface area contributed by atoms with Crippen LogP contribution in [0.1, 0.15) is 5.56 Å². The molecular formula is C18H18N4O5S. The third kappa shape index (κ3) is 3.81. The van der Waals surface area contributed by atoms with Crippen molar-refractivity contribution in [2.24, 2.45) is 5.73 Å². The number of amides is 2. The maximum Gasteiger partial charge on any atom is 0.329 e. The van der Waals surface area contributed by atoms with Gasteiger partial charge in [-0.25, -0.2) is 13.2 Å². The van der Waals surface area contributed by atoms with Gasteiger partial charge in [-0.2, -0.15) is 0 Å². The van der Waals surface area contributed by atoms with Gasteiger partial charge in [-0.05, 0) is 48.5 Å². The van der Waals surface area contributed by atoms with Gasteiger partial charge in [0.1, 0.15) is 5.84 Å². The van der Waals surface area contributed by atoms with E-state index >= 15 is 0 Å². The van der Waals surface area contributed by atoms with Gasteiger partial charge in [0.05, 0.1) is 4.90 Å². The standard InChI is InChI=1S/C18H18N4O5S/c19-17(20)12-1-3-13(4-2-12)21-9-10-22(18(21)25)14-5-7-15(8-6-14)28(26,27)11-16(23)24/h1-8H,9-11H2,(H3,19,20)(H,23,24). The summed E-state index contributed by atoms with van der Waals surface area (Å²) in [6.07, 6.45) is 0. The molecule has 2 aromatic carbocycles. The molecule has 0 saturated carbocycles. The van der Waals surface area contributed by atoms with Crippen molar-refractivity contribution >= 4 is 39.0 Å². The molecule has 0 aliphatic carbocycles. The summed E-state index contributed by atoms with van der Waals surface area (Å²) in [7, 11) is -3.92. The first-order chi connectivity index (χ1) is 13.2. The first-order valence-electron chi connectivity index (χ1n) is 8.27. The second-order valence-corrected chi connectivity index (χ2v) is 8.18. The first-order valence-corrected chi connectivity index (χ1v) is 9.92. The van der Waals surface area contributed by atoms with E-state index < -0.39 is 21.6 Å². The summed E-state index contributed by atoms with van der Waals surface area (Å²) in [5.41, 5.74) is 7.17. The topological polar surface area (TPSA) is 145 Å². The Bertz CT molecular complexity index is 1030. The summed E-state index contributed by atoms with van der Waals surface area (Å²) in [6, 6.07) is 12.0. The summed E-state index contributed by atoms with van der Waals surface area (Å²) < 4.78 is 23.9. The van der Waals surface area contributed by atoms with Crippen LogP contribution < -0.4 is 15.5 Å². The Morgan fingerprint density at radius 2 is 1.46 bits per heavy atom. The van der Waals surface area contributed by atoms with Crippen LogP contribution in [0.2, 0.25) is 0 Å². The molecule has 1 aliphatic heterocycles. The number of carbonyl (C=O) groups excluding carboxylic acids is 1. The molecule has 0 unspecified atom stereocenters. The van der Waals surface area contributed by atoms with E-state index in [2.05, 4.69) is 0 Å². The largest absolute Gasteiger partial charge is 0.480 e. The maximum absolute atomic E-state index is 12.7. The Labute approximate surface area is 161 Å². The fourth-order valence-electron chi connectivity index (χ4n) is 2.92. The number of amidine groups is 1. The predicted octanol–water partition coefficient (Wildman–Crippen LogP) is 1.28. The summed E-state index contributed by atoms with van der Waals surface area (Å²) in [4.78, 5) is 26.4. The minimum absolute atomic E-state index is 0.0566. The van der Waals surface area contributed by atoms with E-state index in [0.717, 1.165) is 0 Å². The number of nitrogens with zero attached hydrogens (tertiary/aromatic N) is 2. The second kappa shape index (κ2) is 7.31. The molecule has 0 bridgehead atoms. The molecule has 10 heteroatoms. The van der Waals surface area contributed by atoms with E-state index in [1.54, 1.807) is 29.2 Å². The Morgan fingerprint density at radius 1 is 1.00 bits per heavy atom. The fraction of sp³-hybridized carbons (Fsp3) is 0.167. The molecule has 2 aromatic rings. The van der Waals surface area contributed by atoms with Crippen molar-refractivity contribution in [3.8, 4) is 0 Å². The molecule has 4 N–H and O–H groups in total. The number of aliphatic carboxylic acids is 1. The molecule has 28 heavy (non-hydrogen) atoms. The van der Waals surface area contributed by atoms with Gasteiger partial charge < -0.3 is 10.8 Å². The molecule has 3 rings (SSSR count). The van der Waals surface area contributed by atoms with Crippen LogP contribution in [0.25, 0.3) is 0 Å². The molecule has 2 amide bonds. The number of urea groups is 1. The smallest absolute Gasteiger partial charge is 0.329 e. The Morgan fingerprint density at radius 3 is 1.89 bits per heavy atom. The molecule has 0 radical (unpaired) electrons. The third-order valence-electron chi connectivity index (χ3n) is 4.32. The number of hydrogen-bond donors (Lipinski definition) is 3. The van der Waals surface area contributed by atoms with E-state index in [1.165, 1.54) is 29.2 Å². The molecule has 1 fully saturated rings. The van der Waals surface area contributed by atoms with E-state index in [4.69, 9.17) is 16.2 Å². The number of sulfone groups is 1. The SMILES string of the molecule is N=C(N)c1ccc(N2CCN(c3ccc(S(=O)(=O)CC(=O)O)cc3)C2=O)cc1. The van der Waals surface area contributed by atoms with Crippen molar-refractivity contribution in [2.45, 2.75) is 4.90 Å². The Kier molecular flexibility index (Phi) is 5.06. The number of nitrogens with two attached hydrogens (primary N) is 1. The molecule has 1 aliphatic rings. The number of carboxylic acids is 1. The minimum atomic E-state index is -3.92.